The van der Waals surface area contributed by atoms with Crippen LogP contribution in [-0.2, 0) is 0 Å². The molecule has 0 radical (unpaired) electrons. The number of halogens is 3. The molecule has 1 rings (SSSR count). The standard InChI is InChI=1S/C8H17BF3N2/c1-13(2)8-4-3-5-14(6-8)7-9(10,11)12/h8H,3-7H2,1-2H3/q-1. The molecule has 0 aromatic carbocycles. The van der Waals surface area contributed by atoms with E-state index in [2.05, 4.69) is 0 Å². The maximum absolute atomic E-state index is 12.2. The molecule has 0 bridgehead atoms. The first-order valence-electron chi connectivity index (χ1n) is 4.98. The van der Waals surface area contributed by atoms with Crippen molar-refractivity contribution in [3.05, 3.63) is 0 Å². The van der Waals surface area contributed by atoms with Crippen LogP contribution in [0, 0.1) is 0 Å². The van der Waals surface area contributed by atoms with E-state index >= 15 is 0 Å². The van der Waals surface area contributed by atoms with Crippen molar-refractivity contribution in [1.29, 1.82) is 0 Å². The Morgan fingerprint density at radius 1 is 1.36 bits per heavy atom. The van der Waals surface area contributed by atoms with E-state index in [-0.39, 0.29) is 6.04 Å². The van der Waals surface area contributed by atoms with Gasteiger partial charge in [-0.2, -0.15) is 0 Å². The van der Waals surface area contributed by atoms with E-state index in [1.54, 1.807) is 0 Å². The summed E-state index contributed by atoms with van der Waals surface area (Å²) in [6.07, 6.45) is 1.17. The van der Waals surface area contributed by atoms with Gasteiger partial charge in [-0.05, 0) is 39.9 Å². The van der Waals surface area contributed by atoms with Gasteiger partial charge >= 0.3 is 6.98 Å². The largest absolute Gasteiger partial charge is 0.492 e. The van der Waals surface area contributed by atoms with E-state index in [9.17, 15) is 12.9 Å². The number of hydrogen-bond acceptors (Lipinski definition) is 2. The lowest BCUT2D eigenvalue weighted by Gasteiger charge is -2.38. The van der Waals surface area contributed by atoms with Crippen molar-refractivity contribution in [3.8, 4) is 0 Å². The van der Waals surface area contributed by atoms with Crippen molar-refractivity contribution in [2.75, 3.05) is 33.6 Å². The second kappa shape index (κ2) is 4.53. The number of rotatable bonds is 3. The minimum Gasteiger partial charge on any atom is -0.448 e. The molecule has 1 saturated heterocycles. The lowest BCUT2D eigenvalue weighted by Crippen LogP contribution is -2.49. The smallest absolute Gasteiger partial charge is 0.448 e. The number of nitrogens with zero attached hydrogens (tertiary/aromatic N) is 2. The van der Waals surface area contributed by atoms with Crippen LogP contribution < -0.4 is 0 Å². The molecule has 1 atom stereocenters. The predicted octanol–water partition coefficient (Wildman–Crippen LogP) is 1.40. The zero-order chi connectivity index (χ0) is 10.8. The van der Waals surface area contributed by atoms with Crippen molar-refractivity contribution < 1.29 is 12.9 Å². The summed E-state index contributed by atoms with van der Waals surface area (Å²) >= 11 is 0. The van der Waals surface area contributed by atoms with E-state index in [0.29, 0.717) is 13.1 Å². The van der Waals surface area contributed by atoms with Gasteiger partial charge in [-0.15, -0.1) is 0 Å². The van der Waals surface area contributed by atoms with Crippen LogP contribution in [0.5, 0.6) is 0 Å². The van der Waals surface area contributed by atoms with Crippen LogP contribution in [0.1, 0.15) is 12.8 Å². The third-order valence-corrected chi connectivity index (χ3v) is 2.68. The molecule has 0 saturated carbocycles. The fourth-order valence-electron chi connectivity index (χ4n) is 1.91. The Labute approximate surface area is 83.1 Å². The second-order valence-corrected chi connectivity index (χ2v) is 4.23. The molecule has 0 aromatic heterocycles. The molecule has 6 heteroatoms. The fraction of sp³-hybridized carbons (Fsp3) is 1.00. The summed E-state index contributed by atoms with van der Waals surface area (Å²) in [5.74, 6) is 0. The van der Waals surface area contributed by atoms with Crippen molar-refractivity contribution in [2.45, 2.75) is 18.9 Å². The minimum absolute atomic E-state index is 0.280. The van der Waals surface area contributed by atoms with Crippen LogP contribution in [0.3, 0.4) is 0 Å². The number of likely N-dealkylation sites (tertiary alicyclic amines) is 1. The van der Waals surface area contributed by atoms with Gasteiger partial charge in [0.15, 0.2) is 0 Å². The van der Waals surface area contributed by atoms with Crippen molar-refractivity contribution in [2.24, 2.45) is 0 Å². The van der Waals surface area contributed by atoms with Crippen molar-refractivity contribution >= 4 is 6.98 Å². The highest BCUT2D eigenvalue weighted by Crippen LogP contribution is 2.17. The highest BCUT2D eigenvalue weighted by atomic mass is 19.4. The van der Waals surface area contributed by atoms with Crippen LogP contribution in [-0.4, -0.2) is 56.4 Å². The van der Waals surface area contributed by atoms with Crippen molar-refractivity contribution in [3.63, 3.8) is 0 Å². The first kappa shape index (κ1) is 11.8. The Morgan fingerprint density at radius 2 is 2.00 bits per heavy atom. The predicted molar refractivity (Wildman–Crippen MR) is 52.2 cm³/mol. The maximum Gasteiger partial charge on any atom is 0.492 e. The molecular weight excluding hydrogens is 192 g/mol. The molecule has 0 spiro atoms. The molecule has 0 aliphatic carbocycles. The van der Waals surface area contributed by atoms with E-state index in [1.807, 2.05) is 19.0 Å². The lowest BCUT2D eigenvalue weighted by atomic mass is 9.89. The van der Waals surface area contributed by atoms with E-state index in [4.69, 9.17) is 0 Å². The van der Waals surface area contributed by atoms with Crippen LogP contribution >= 0.6 is 0 Å². The summed E-state index contributed by atoms with van der Waals surface area (Å²) in [6.45, 7) is -3.53. The quantitative estimate of drug-likeness (QED) is 0.648. The Kier molecular flexibility index (Phi) is 3.83. The van der Waals surface area contributed by atoms with Gasteiger partial charge in [0.1, 0.15) is 0 Å². The number of likely N-dealkylation sites (N-methyl/N-ethyl adjacent to an activating group) is 1. The Hall–Kier alpha value is -0.225. The molecule has 0 N–H and O–H groups in total. The maximum atomic E-state index is 12.2. The summed E-state index contributed by atoms with van der Waals surface area (Å²) in [4.78, 5) is 3.53. The normalized spacial score (nSPS) is 25.7. The fourth-order valence-corrected chi connectivity index (χ4v) is 1.91. The van der Waals surface area contributed by atoms with E-state index in [1.165, 1.54) is 4.90 Å². The van der Waals surface area contributed by atoms with Gasteiger partial charge in [-0.25, -0.2) is 0 Å². The molecule has 1 unspecified atom stereocenters. The summed E-state index contributed by atoms with van der Waals surface area (Å²) < 4.78 is 36.5. The first-order valence-corrected chi connectivity index (χ1v) is 4.98. The molecule has 1 aliphatic heterocycles. The van der Waals surface area contributed by atoms with E-state index < -0.39 is 13.4 Å². The summed E-state index contributed by atoms with van der Waals surface area (Å²) in [7, 11) is 3.85. The molecule has 1 aliphatic rings. The van der Waals surface area contributed by atoms with Gasteiger partial charge < -0.3 is 22.7 Å². The molecule has 14 heavy (non-hydrogen) atoms. The topological polar surface area (TPSA) is 6.48 Å². The average molecular weight is 209 g/mol. The molecule has 1 heterocycles. The van der Waals surface area contributed by atoms with Gasteiger partial charge in [0.25, 0.3) is 0 Å². The Morgan fingerprint density at radius 3 is 2.50 bits per heavy atom. The Bertz CT molecular complexity index is 184. The minimum atomic E-state index is -4.66. The third kappa shape index (κ3) is 3.88. The molecule has 84 valence electrons. The summed E-state index contributed by atoms with van der Waals surface area (Å²) in [5, 5.41) is 0. The monoisotopic (exact) mass is 209 g/mol. The van der Waals surface area contributed by atoms with Crippen LogP contribution in [0.4, 0.5) is 12.9 Å². The third-order valence-electron chi connectivity index (χ3n) is 2.68. The summed E-state index contributed by atoms with van der Waals surface area (Å²) in [6, 6.07) is 0.280. The molecule has 1 fully saturated rings. The molecule has 0 aromatic rings. The average Bonchev–Trinajstić information content (AvgIpc) is 2.01. The molecule has 2 nitrogen and oxygen atoms in total. The molecule has 0 amide bonds. The molecular formula is C8H17BF3N2-. The van der Waals surface area contributed by atoms with Gasteiger partial charge in [0.2, 0.25) is 0 Å². The zero-order valence-electron chi connectivity index (χ0n) is 8.72. The second-order valence-electron chi connectivity index (χ2n) is 4.23. The summed E-state index contributed by atoms with van der Waals surface area (Å²) in [5.41, 5.74) is 0. The van der Waals surface area contributed by atoms with Crippen LogP contribution in [0.25, 0.3) is 0 Å². The van der Waals surface area contributed by atoms with Gasteiger partial charge in [0, 0.05) is 12.6 Å². The highest BCUT2D eigenvalue weighted by molar-refractivity contribution is 6.58. The van der Waals surface area contributed by atoms with Crippen molar-refractivity contribution in [1.82, 2.24) is 9.80 Å². The van der Waals surface area contributed by atoms with Gasteiger partial charge in [-0.1, -0.05) is 0 Å². The van der Waals surface area contributed by atoms with Crippen LogP contribution in [0.15, 0.2) is 0 Å². The van der Waals surface area contributed by atoms with Crippen LogP contribution in [0.2, 0.25) is 0 Å². The Balaban J connectivity index is 2.40. The number of piperidine rings is 1. The SMILES string of the molecule is CN(C)C1CCCN(C[B-](F)(F)F)C1. The zero-order valence-corrected chi connectivity index (χ0v) is 8.72. The first-order chi connectivity index (χ1) is 6.38. The lowest BCUT2D eigenvalue weighted by molar-refractivity contribution is 0.140. The number of hydrogen-bond donors (Lipinski definition) is 0. The van der Waals surface area contributed by atoms with Gasteiger partial charge in [-0.3, -0.25) is 0 Å². The highest BCUT2D eigenvalue weighted by Gasteiger charge is 2.29. The van der Waals surface area contributed by atoms with E-state index in [0.717, 1.165) is 12.8 Å². The van der Waals surface area contributed by atoms with Gasteiger partial charge in [0.05, 0.1) is 0 Å².